The van der Waals surface area contributed by atoms with Gasteiger partial charge in [0.2, 0.25) is 5.91 Å². The third kappa shape index (κ3) is 3.86. The molecule has 0 aromatic carbocycles. The van der Waals surface area contributed by atoms with E-state index in [-0.39, 0.29) is 23.2 Å². The molecule has 5 nitrogen and oxygen atoms in total. The highest BCUT2D eigenvalue weighted by molar-refractivity contribution is 8.14. The Morgan fingerprint density at radius 3 is 2.84 bits per heavy atom. The Bertz CT molecular complexity index is 343. The topological polar surface area (TPSA) is 61.4 Å². The van der Waals surface area contributed by atoms with E-state index < -0.39 is 0 Å². The Balaban J connectivity index is 1.94. The number of nitrogens with one attached hydrogen (secondary N) is 2. The Morgan fingerprint density at radius 2 is 2.32 bits per heavy atom. The van der Waals surface area contributed by atoms with Gasteiger partial charge in [-0.05, 0) is 45.7 Å². The Kier molecular flexibility index (Phi) is 5.10. The molecular formula is C13H23N3O2S. The first-order chi connectivity index (χ1) is 9.08. The van der Waals surface area contributed by atoms with E-state index in [1.54, 1.807) is 0 Å². The summed E-state index contributed by atoms with van der Waals surface area (Å²) in [5.41, 5.74) is 0. The van der Waals surface area contributed by atoms with E-state index in [0.29, 0.717) is 11.7 Å². The number of hydrogen-bond acceptors (Lipinski definition) is 4. The fourth-order valence-corrected chi connectivity index (χ4v) is 3.40. The predicted molar refractivity (Wildman–Crippen MR) is 77.2 cm³/mol. The standard InChI is InChI=1S/C13H23N3O2S/c1-9(2)16(7-10-4-3-5-14-6-10)12(17)11-8-19-13(18)15-11/h9-11,14H,3-8H2,1-2H3,(H,15,18). The summed E-state index contributed by atoms with van der Waals surface area (Å²) in [5.74, 6) is 1.16. The summed E-state index contributed by atoms with van der Waals surface area (Å²) >= 11 is 1.20. The first-order valence-electron chi connectivity index (χ1n) is 7.02. The molecule has 0 bridgehead atoms. The third-order valence-corrected chi connectivity index (χ3v) is 4.61. The number of rotatable bonds is 4. The lowest BCUT2D eigenvalue weighted by atomic mass is 9.98. The summed E-state index contributed by atoms with van der Waals surface area (Å²) in [6, 6.07) is -0.159. The van der Waals surface area contributed by atoms with Crippen molar-refractivity contribution in [2.75, 3.05) is 25.4 Å². The molecule has 0 aromatic heterocycles. The van der Waals surface area contributed by atoms with Crippen molar-refractivity contribution in [2.45, 2.75) is 38.8 Å². The molecule has 2 N–H and O–H groups in total. The Hall–Kier alpha value is -0.750. The van der Waals surface area contributed by atoms with E-state index in [2.05, 4.69) is 10.6 Å². The van der Waals surface area contributed by atoms with Crippen LogP contribution in [0.5, 0.6) is 0 Å². The lowest BCUT2D eigenvalue weighted by Crippen LogP contribution is -2.51. The molecule has 2 unspecified atom stereocenters. The van der Waals surface area contributed by atoms with E-state index in [9.17, 15) is 9.59 Å². The van der Waals surface area contributed by atoms with Crippen LogP contribution in [0.3, 0.4) is 0 Å². The van der Waals surface area contributed by atoms with Crippen LogP contribution in [0.15, 0.2) is 0 Å². The van der Waals surface area contributed by atoms with Gasteiger partial charge in [0.25, 0.3) is 5.24 Å². The second kappa shape index (κ2) is 6.61. The molecule has 2 fully saturated rings. The fourth-order valence-electron chi connectivity index (χ4n) is 2.63. The van der Waals surface area contributed by atoms with Gasteiger partial charge in [0, 0.05) is 18.3 Å². The Morgan fingerprint density at radius 1 is 1.53 bits per heavy atom. The quantitative estimate of drug-likeness (QED) is 0.810. The number of nitrogens with zero attached hydrogens (tertiary/aromatic N) is 1. The number of amides is 2. The van der Waals surface area contributed by atoms with Crippen LogP contribution in [0, 0.1) is 5.92 Å². The second-order valence-corrected chi connectivity index (χ2v) is 6.58. The molecule has 0 saturated carbocycles. The minimum atomic E-state index is -0.337. The van der Waals surface area contributed by atoms with Crippen molar-refractivity contribution in [3.63, 3.8) is 0 Å². The van der Waals surface area contributed by atoms with Crippen LogP contribution in [0.1, 0.15) is 26.7 Å². The number of hydrogen-bond donors (Lipinski definition) is 2. The highest BCUT2D eigenvalue weighted by Gasteiger charge is 2.33. The van der Waals surface area contributed by atoms with Crippen molar-refractivity contribution < 1.29 is 9.59 Å². The van der Waals surface area contributed by atoms with Gasteiger partial charge in [-0.1, -0.05) is 11.8 Å². The number of thioether (sulfide) groups is 1. The largest absolute Gasteiger partial charge is 0.338 e. The van der Waals surface area contributed by atoms with Crippen molar-refractivity contribution in [3.05, 3.63) is 0 Å². The van der Waals surface area contributed by atoms with Crippen molar-refractivity contribution in [3.8, 4) is 0 Å². The maximum atomic E-state index is 12.5. The highest BCUT2D eigenvalue weighted by atomic mass is 32.2. The molecule has 2 heterocycles. The molecule has 2 aliphatic heterocycles. The number of carbonyl (C=O) groups is 2. The Labute approximate surface area is 118 Å². The lowest BCUT2D eigenvalue weighted by Gasteiger charge is -2.34. The minimum Gasteiger partial charge on any atom is -0.338 e. The molecule has 0 aromatic rings. The van der Waals surface area contributed by atoms with Gasteiger partial charge in [0.15, 0.2) is 0 Å². The van der Waals surface area contributed by atoms with Crippen molar-refractivity contribution in [2.24, 2.45) is 5.92 Å². The van der Waals surface area contributed by atoms with Gasteiger partial charge in [0.1, 0.15) is 6.04 Å². The molecule has 6 heteroatoms. The molecule has 2 rings (SSSR count). The maximum Gasteiger partial charge on any atom is 0.279 e. The van der Waals surface area contributed by atoms with Gasteiger partial charge in [-0.2, -0.15) is 0 Å². The van der Waals surface area contributed by atoms with E-state index in [1.165, 1.54) is 24.6 Å². The van der Waals surface area contributed by atoms with Gasteiger partial charge in [-0.3, -0.25) is 9.59 Å². The van der Waals surface area contributed by atoms with E-state index in [1.807, 2.05) is 18.7 Å². The summed E-state index contributed by atoms with van der Waals surface area (Å²) < 4.78 is 0. The first kappa shape index (κ1) is 14.7. The van der Waals surface area contributed by atoms with Gasteiger partial charge < -0.3 is 15.5 Å². The third-order valence-electron chi connectivity index (χ3n) is 3.73. The minimum absolute atomic E-state index is 0.0684. The number of piperidine rings is 1. The summed E-state index contributed by atoms with van der Waals surface area (Å²) in [5, 5.41) is 6.04. The van der Waals surface area contributed by atoms with E-state index >= 15 is 0 Å². The molecule has 2 aliphatic rings. The van der Waals surface area contributed by atoms with Crippen LogP contribution in [0.25, 0.3) is 0 Å². The summed E-state index contributed by atoms with van der Waals surface area (Å²) in [6.45, 7) is 6.94. The van der Waals surface area contributed by atoms with E-state index in [4.69, 9.17) is 0 Å². The van der Waals surface area contributed by atoms with Gasteiger partial charge in [-0.25, -0.2) is 0 Å². The van der Waals surface area contributed by atoms with Crippen LogP contribution in [-0.2, 0) is 4.79 Å². The zero-order valence-electron chi connectivity index (χ0n) is 11.6. The average molecular weight is 285 g/mol. The SMILES string of the molecule is CC(C)N(CC1CCCNC1)C(=O)C1CSC(=O)N1. The van der Waals surface area contributed by atoms with Crippen molar-refractivity contribution >= 4 is 22.9 Å². The molecule has 2 atom stereocenters. The van der Waals surface area contributed by atoms with Crippen molar-refractivity contribution in [1.29, 1.82) is 0 Å². The van der Waals surface area contributed by atoms with Crippen LogP contribution < -0.4 is 10.6 Å². The normalized spacial score (nSPS) is 27.4. The molecule has 0 spiro atoms. The first-order valence-corrected chi connectivity index (χ1v) is 8.01. The monoisotopic (exact) mass is 285 g/mol. The predicted octanol–water partition coefficient (Wildman–Crippen LogP) is 1.05. The average Bonchev–Trinajstić information content (AvgIpc) is 2.83. The molecular weight excluding hydrogens is 262 g/mol. The van der Waals surface area contributed by atoms with Crippen molar-refractivity contribution in [1.82, 2.24) is 15.5 Å². The fraction of sp³-hybridized carbons (Fsp3) is 0.846. The maximum absolute atomic E-state index is 12.5. The summed E-state index contributed by atoms with van der Waals surface area (Å²) in [6.07, 6.45) is 2.36. The molecule has 2 saturated heterocycles. The smallest absolute Gasteiger partial charge is 0.279 e. The zero-order chi connectivity index (χ0) is 13.8. The molecule has 19 heavy (non-hydrogen) atoms. The van der Waals surface area contributed by atoms with Gasteiger partial charge >= 0.3 is 0 Å². The molecule has 108 valence electrons. The molecule has 0 aliphatic carbocycles. The van der Waals surface area contributed by atoms with Gasteiger partial charge in [0.05, 0.1) is 0 Å². The second-order valence-electron chi connectivity index (χ2n) is 5.59. The van der Waals surface area contributed by atoms with Crippen LogP contribution in [0.2, 0.25) is 0 Å². The number of carbonyl (C=O) groups excluding carboxylic acids is 2. The summed E-state index contributed by atoms with van der Waals surface area (Å²) in [4.78, 5) is 25.6. The molecule has 0 radical (unpaired) electrons. The van der Waals surface area contributed by atoms with Crippen LogP contribution in [-0.4, -0.2) is 53.5 Å². The van der Waals surface area contributed by atoms with Crippen LogP contribution >= 0.6 is 11.8 Å². The lowest BCUT2D eigenvalue weighted by molar-refractivity contribution is -0.135. The zero-order valence-corrected chi connectivity index (χ0v) is 12.5. The van der Waals surface area contributed by atoms with Gasteiger partial charge in [-0.15, -0.1) is 0 Å². The highest BCUT2D eigenvalue weighted by Crippen LogP contribution is 2.19. The summed E-state index contributed by atoms with van der Waals surface area (Å²) in [7, 11) is 0. The van der Waals surface area contributed by atoms with Crippen LogP contribution in [0.4, 0.5) is 4.79 Å². The van der Waals surface area contributed by atoms with E-state index in [0.717, 1.165) is 19.6 Å². The molecule has 2 amide bonds.